The summed E-state index contributed by atoms with van der Waals surface area (Å²) in [7, 11) is 1.67. The molecule has 5 heteroatoms. The average Bonchev–Trinajstić information content (AvgIpc) is 2.60. The minimum Gasteiger partial charge on any atom is -0.497 e. The van der Waals surface area contributed by atoms with Crippen molar-refractivity contribution in [1.29, 1.82) is 0 Å². The fourth-order valence-electron chi connectivity index (χ4n) is 2.71. The van der Waals surface area contributed by atoms with Gasteiger partial charge >= 0.3 is 0 Å². The molecule has 3 aromatic rings. The summed E-state index contributed by atoms with van der Waals surface area (Å²) in [6, 6.07) is 11.7. The first-order valence-electron chi connectivity index (χ1n) is 8.11. The molecule has 0 atom stereocenters. The summed E-state index contributed by atoms with van der Waals surface area (Å²) in [6.45, 7) is 4.28. The standard InChI is InChI=1S/C19H21ClN2O2/c1-3-9-24-10-8-21-19-15-6-4-13(20)11-18(15)22-17-7-5-14(23-2)12-16(17)19/h4-7,11-12H,3,8-10H2,1-2H3,(H,21,22). The first-order chi connectivity index (χ1) is 11.7. The molecule has 0 aliphatic heterocycles. The largest absolute Gasteiger partial charge is 0.497 e. The number of fused-ring (bicyclic) bond motifs is 2. The van der Waals surface area contributed by atoms with Gasteiger partial charge in [-0.15, -0.1) is 0 Å². The van der Waals surface area contributed by atoms with Crippen LogP contribution in [-0.2, 0) is 4.74 Å². The van der Waals surface area contributed by atoms with E-state index in [4.69, 9.17) is 26.1 Å². The molecule has 0 fully saturated rings. The summed E-state index contributed by atoms with van der Waals surface area (Å²) in [5.41, 5.74) is 2.81. The predicted octanol–water partition coefficient (Wildman–Crippen LogP) is 4.89. The Bertz CT molecular complexity index is 852. The Morgan fingerprint density at radius 3 is 2.71 bits per heavy atom. The van der Waals surface area contributed by atoms with Gasteiger partial charge in [0.2, 0.25) is 0 Å². The summed E-state index contributed by atoms with van der Waals surface area (Å²) in [5, 5.41) is 6.24. The van der Waals surface area contributed by atoms with E-state index in [-0.39, 0.29) is 0 Å². The second kappa shape index (κ2) is 7.69. The summed E-state index contributed by atoms with van der Waals surface area (Å²) in [5.74, 6) is 0.808. The molecule has 1 heterocycles. The monoisotopic (exact) mass is 344 g/mol. The topological polar surface area (TPSA) is 43.4 Å². The zero-order valence-electron chi connectivity index (χ0n) is 13.9. The van der Waals surface area contributed by atoms with Crippen molar-refractivity contribution in [2.24, 2.45) is 0 Å². The SMILES string of the molecule is CCCOCCNc1c2ccc(Cl)cc2nc2ccc(OC)cc12. The van der Waals surface area contributed by atoms with Crippen molar-refractivity contribution in [3.8, 4) is 5.75 Å². The van der Waals surface area contributed by atoms with Crippen molar-refractivity contribution in [1.82, 2.24) is 4.98 Å². The van der Waals surface area contributed by atoms with E-state index >= 15 is 0 Å². The number of rotatable bonds is 7. The zero-order valence-corrected chi connectivity index (χ0v) is 14.7. The van der Waals surface area contributed by atoms with Crippen molar-refractivity contribution < 1.29 is 9.47 Å². The molecule has 24 heavy (non-hydrogen) atoms. The van der Waals surface area contributed by atoms with Crippen molar-refractivity contribution in [2.75, 3.05) is 32.2 Å². The van der Waals surface area contributed by atoms with Gasteiger partial charge in [-0.2, -0.15) is 0 Å². The molecular formula is C19H21ClN2O2. The fourth-order valence-corrected chi connectivity index (χ4v) is 2.87. The number of aromatic nitrogens is 1. The van der Waals surface area contributed by atoms with Gasteiger partial charge in [0.1, 0.15) is 5.75 Å². The Morgan fingerprint density at radius 1 is 1.04 bits per heavy atom. The molecule has 0 bridgehead atoms. The maximum absolute atomic E-state index is 6.13. The Morgan fingerprint density at radius 2 is 1.92 bits per heavy atom. The number of nitrogens with one attached hydrogen (secondary N) is 1. The summed E-state index contributed by atoms with van der Waals surface area (Å²) < 4.78 is 10.9. The molecule has 0 aliphatic carbocycles. The molecule has 0 radical (unpaired) electrons. The second-order valence-corrected chi connectivity index (χ2v) is 6.01. The van der Waals surface area contributed by atoms with Gasteiger partial charge in [0.15, 0.2) is 0 Å². The lowest BCUT2D eigenvalue weighted by atomic mass is 10.1. The number of hydrogen-bond donors (Lipinski definition) is 1. The maximum Gasteiger partial charge on any atom is 0.119 e. The minimum absolute atomic E-state index is 0.663. The van der Waals surface area contributed by atoms with Gasteiger partial charge in [0, 0.05) is 28.9 Å². The van der Waals surface area contributed by atoms with E-state index in [1.165, 1.54) is 0 Å². The Kier molecular flexibility index (Phi) is 5.38. The Balaban J connectivity index is 2.05. The third-order valence-corrected chi connectivity index (χ3v) is 4.07. The lowest BCUT2D eigenvalue weighted by Gasteiger charge is -2.14. The van der Waals surface area contributed by atoms with Crippen LogP contribution in [0.25, 0.3) is 21.8 Å². The first-order valence-corrected chi connectivity index (χ1v) is 8.49. The van der Waals surface area contributed by atoms with Crippen LogP contribution in [0.4, 0.5) is 5.69 Å². The Hall–Kier alpha value is -2.04. The van der Waals surface area contributed by atoms with E-state index in [1.54, 1.807) is 7.11 Å². The van der Waals surface area contributed by atoms with E-state index in [1.807, 2.05) is 36.4 Å². The molecule has 1 N–H and O–H groups in total. The van der Waals surface area contributed by atoms with Crippen molar-refractivity contribution >= 4 is 39.1 Å². The summed E-state index contributed by atoms with van der Waals surface area (Å²) in [6.07, 6.45) is 1.02. The number of halogens is 1. The predicted molar refractivity (Wildman–Crippen MR) is 100 cm³/mol. The van der Waals surface area contributed by atoms with Gasteiger partial charge in [-0.3, -0.25) is 0 Å². The molecule has 0 spiro atoms. The lowest BCUT2D eigenvalue weighted by molar-refractivity contribution is 0.144. The van der Waals surface area contributed by atoms with Gasteiger partial charge in [0.25, 0.3) is 0 Å². The summed E-state index contributed by atoms with van der Waals surface area (Å²) >= 11 is 6.13. The lowest BCUT2D eigenvalue weighted by Crippen LogP contribution is -2.10. The quantitative estimate of drug-likeness (QED) is 0.489. The molecule has 0 amide bonds. The first kappa shape index (κ1) is 16.8. The molecule has 0 unspecified atom stereocenters. The second-order valence-electron chi connectivity index (χ2n) is 5.57. The van der Waals surface area contributed by atoms with Crippen LogP contribution in [0.2, 0.25) is 5.02 Å². The van der Waals surface area contributed by atoms with Crippen LogP contribution >= 0.6 is 11.6 Å². The van der Waals surface area contributed by atoms with Crippen LogP contribution in [0.5, 0.6) is 5.75 Å². The van der Waals surface area contributed by atoms with Crippen molar-refractivity contribution in [3.63, 3.8) is 0 Å². The van der Waals surface area contributed by atoms with Crippen molar-refractivity contribution in [3.05, 3.63) is 41.4 Å². The van der Waals surface area contributed by atoms with E-state index < -0.39 is 0 Å². The van der Waals surface area contributed by atoms with E-state index in [0.29, 0.717) is 11.6 Å². The third-order valence-electron chi connectivity index (χ3n) is 3.84. The third kappa shape index (κ3) is 3.55. The Labute approximate surface area is 146 Å². The van der Waals surface area contributed by atoms with Crippen LogP contribution in [0, 0.1) is 0 Å². The number of benzene rings is 2. The van der Waals surface area contributed by atoms with Gasteiger partial charge in [0.05, 0.1) is 30.4 Å². The minimum atomic E-state index is 0.663. The highest BCUT2D eigenvalue weighted by Gasteiger charge is 2.10. The van der Waals surface area contributed by atoms with E-state index in [0.717, 1.165) is 52.8 Å². The van der Waals surface area contributed by atoms with Crippen LogP contribution in [0.3, 0.4) is 0 Å². The highest BCUT2D eigenvalue weighted by atomic mass is 35.5. The van der Waals surface area contributed by atoms with Crippen LogP contribution < -0.4 is 10.1 Å². The number of anilines is 1. The molecule has 2 aromatic carbocycles. The molecule has 3 rings (SSSR count). The van der Waals surface area contributed by atoms with Gasteiger partial charge in [-0.1, -0.05) is 18.5 Å². The zero-order chi connectivity index (χ0) is 16.9. The van der Waals surface area contributed by atoms with Crippen LogP contribution in [-0.4, -0.2) is 31.9 Å². The summed E-state index contributed by atoms with van der Waals surface area (Å²) in [4.78, 5) is 4.72. The smallest absolute Gasteiger partial charge is 0.119 e. The van der Waals surface area contributed by atoms with Gasteiger partial charge in [-0.25, -0.2) is 4.98 Å². The van der Waals surface area contributed by atoms with Gasteiger partial charge < -0.3 is 14.8 Å². The molecule has 0 aliphatic rings. The number of methoxy groups -OCH3 is 1. The normalized spacial score (nSPS) is 11.1. The molecule has 0 saturated heterocycles. The fraction of sp³-hybridized carbons (Fsp3) is 0.316. The van der Waals surface area contributed by atoms with Gasteiger partial charge in [-0.05, 0) is 42.8 Å². The van der Waals surface area contributed by atoms with Crippen molar-refractivity contribution in [2.45, 2.75) is 13.3 Å². The van der Waals surface area contributed by atoms with Crippen LogP contribution in [0.15, 0.2) is 36.4 Å². The molecular weight excluding hydrogens is 324 g/mol. The average molecular weight is 345 g/mol. The van der Waals surface area contributed by atoms with E-state index in [9.17, 15) is 0 Å². The van der Waals surface area contributed by atoms with Crippen LogP contribution in [0.1, 0.15) is 13.3 Å². The molecule has 4 nitrogen and oxygen atoms in total. The number of hydrogen-bond acceptors (Lipinski definition) is 4. The molecule has 1 aromatic heterocycles. The molecule has 0 saturated carbocycles. The number of ether oxygens (including phenoxy) is 2. The maximum atomic E-state index is 6.13. The highest BCUT2D eigenvalue weighted by Crippen LogP contribution is 2.34. The highest BCUT2D eigenvalue weighted by molar-refractivity contribution is 6.31. The molecule has 126 valence electrons. The van der Waals surface area contributed by atoms with E-state index in [2.05, 4.69) is 12.2 Å². The number of pyridine rings is 1. The number of nitrogens with zero attached hydrogens (tertiary/aromatic N) is 1.